The van der Waals surface area contributed by atoms with Crippen molar-refractivity contribution in [3.8, 4) is 0 Å². The quantitative estimate of drug-likeness (QED) is 0.0645. The summed E-state index contributed by atoms with van der Waals surface area (Å²) in [5.41, 5.74) is 3.94. The maximum Gasteiger partial charge on any atom is 0.306 e. The Morgan fingerprint density at radius 2 is 1.12 bits per heavy atom. The highest BCUT2D eigenvalue weighted by molar-refractivity contribution is 5.70. The smallest absolute Gasteiger partial charge is 0.306 e. The maximum absolute atomic E-state index is 12.2. The van der Waals surface area contributed by atoms with E-state index in [2.05, 4.69) is 40.7 Å². The number of aliphatic hydroxyl groups excluding tert-OH is 1. The molecule has 0 saturated carbocycles. The number of unbranched alkanes of at least 4 members (excludes halogenated alkanes) is 14. The first-order chi connectivity index (χ1) is 23.8. The van der Waals surface area contributed by atoms with Crippen LogP contribution in [0.1, 0.15) is 182 Å². The Balaban J connectivity index is 1.41. The van der Waals surface area contributed by atoms with Crippen molar-refractivity contribution in [1.29, 1.82) is 0 Å². The lowest BCUT2D eigenvalue weighted by Gasteiger charge is -2.15. The zero-order valence-electron chi connectivity index (χ0n) is 31.9. The summed E-state index contributed by atoms with van der Waals surface area (Å²) < 4.78 is 22.8. The molecule has 0 aliphatic heterocycles. The van der Waals surface area contributed by atoms with Crippen molar-refractivity contribution in [2.24, 2.45) is 0 Å². The van der Waals surface area contributed by atoms with E-state index >= 15 is 0 Å². The number of rotatable bonds is 30. The zero-order chi connectivity index (χ0) is 35.7. The molecule has 0 spiro atoms. The van der Waals surface area contributed by atoms with Crippen LogP contribution < -0.4 is 0 Å². The van der Waals surface area contributed by atoms with Gasteiger partial charge in [0, 0.05) is 38.5 Å². The fourth-order valence-corrected chi connectivity index (χ4v) is 6.44. The van der Waals surface area contributed by atoms with Crippen molar-refractivity contribution in [3.63, 3.8) is 0 Å². The fraction of sp³-hybridized carbons (Fsp3) is 0.762. The third-order valence-corrected chi connectivity index (χ3v) is 9.72. The van der Waals surface area contributed by atoms with Crippen LogP contribution >= 0.6 is 0 Å². The number of carbonyl (C=O) groups is 2. The van der Waals surface area contributed by atoms with Gasteiger partial charge in [0.15, 0.2) is 6.10 Å². The lowest BCUT2D eigenvalue weighted by Crippen LogP contribution is -2.28. The van der Waals surface area contributed by atoms with Crippen LogP contribution in [0.3, 0.4) is 0 Å². The van der Waals surface area contributed by atoms with Crippen molar-refractivity contribution in [2.75, 3.05) is 13.2 Å². The van der Waals surface area contributed by atoms with E-state index in [4.69, 9.17) is 18.3 Å². The molecule has 0 aromatic carbocycles. The molecule has 0 amide bonds. The predicted molar refractivity (Wildman–Crippen MR) is 198 cm³/mol. The van der Waals surface area contributed by atoms with Crippen molar-refractivity contribution in [2.45, 2.75) is 195 Å². The lowest BCUT2D eigenvalue weighted by atomic mass is 10.0. The number of ether oxygens (including phenoxy) is 2. The Morgan fingerprint density at radius 3 is 1.69 bits per heavy atom. The number of carbonyl (C=O) groups excluding carboxylic acids is 2. The zero-order valence-corrected chi connectivity index (χ0v) is 31.9. The van der Waals surface area contributed by atoms with E-state index in [0.717, 1.165) is 107 Å². The first kappa shape index (κ1) is 42.6. The molecule has 2 aromatic heterocycles. The topological polar surface area (TPSA) is 99.1 Å². The monoisotopic (exact) mass is 687 g/mol. The highest BCUT2D eigenvalue weighted by Crippen LogP contribution is 2.25. The summed E-state index contributed by atoms with van der Waals surface area (Å²) in [5.74, 6) is 3.96. The Labute approximate surface area is 298 Å². The van der Waals surface area contributed by atoms with Crippen molar-refractivity contribution >= 4 is 11.9 Å². The van der Waals surface area contributed by atoms with E-state index in [-0.39, 0.29) is 25.2 Å². The molecule has 0 fully saturated rings. The molecule has 0 bridgehead atoms. The molecule has 49 heavy (non-hydrogen) atoms. The number of aryl methyl sites for hydroxylation is 5. The number of aliphatic hydroxyl groups is 1. The molecular formula is C42H70O7. The number of furan rings is 2. The molecule has 0 aliphatic rings. The van der Waals surface area contributed by atoms with E-state index < -0.39 is 6.10 Å². The van der Waals surface area contributed by atoms with Gasteiger partial charge >= 0.3 is 11.9 Å². The van der Waals surface area contributed by atoms with Crippen molar-refractivity contribution in [1.82, 2.24) is 0 Å². The van der Waals surface area contributed by atoms with Gasteiger partial charge in [-0.25, -0.2) is 0 Å². The normalized spacial score (nSPS) is 12.0. The number of esters is 2. The van der Waals surface area contributed by atoms with E-state index in [9.17, 15) is 14.7 Å². The predicted octanol–water partition coefficient (Wildman–Crippen LogP) is 11.0. The van der Waals surface area contributed by atoms with Gasteiger partial charge in [-0.15, -0.1) is 0 Å². The second-order valence-electron chi connectivity index (χ2n) is 14.2. The van der Waals surface area contributed by atoms with Crippen LogP contribution in [0.15, 0.2) is 14.9 Å². The van der Waals surface area contributed by atoms with Gasteiger partial charge < -0.3 is 23.4 Å². The minimum absolute atomic E-state index is 0.0898. The van der Waals surface area contributed by atoms with Gasteiger partial charge in [-0.05, 0) is 82.1 Å². The fourth-order valence-electron chi connectivity index (χ4n) is 6.44. The minimum atomic E-state index is -0.798. The van der Waals surface area contributed by atoms with Crippen LogP contribution in [0.2, 0.25) is 0 Å². The second kappa shape index (κ2) is 26.3. The Hall–Kier alpha value is -2.54. The SMILES string of the molecule is CCCCCc1cc(C)c(CCCCCCCCC(=O)O[C@@H](CO)COC(=O)CCCCCCCCCCc2oc(CCC)c(C)c2C)o1. The summed E-state index contributed by atoms with van der Waals surface area (Å²) in [7, 11) is 0. The van der Waals surface area contributed by atoms with Gasteiger partial charge in [-0.2, -0.15) is 0 Å². The molecule has 2 rings (SSSR count). The molecule has 2 heterocycles. The minimum Gasteiger partial charge on any atom is -0.466 e. The lowest BCUT2D eigenvalue weighted by molar-refractivity contribution is -0.161. The molecule has 1 N–H and O–H groups in total. The van der Waals surface area contributed by atoms with E-state index in [1.807, 2.05) is 0 Å². The summed E-state index contributed by atoms with van der Waals surface area (Å²) in [6, 6.07) is 2.20. The van der Waals surface area contributed by atoms with Gasteiger partial charge in [-0.3, -0.25) is 9.59 Å². The van der Waals surface area contributed by atoms with Crippen molar-refractivity contribution in [3.05, 3.63) is 45.8 Å². The highest BCUT2D eigenvalue weighted by Gasteiger charge is 2.16. The Kier molecular flexibility index (Phi) is 22.9. The Bertz CT molecular complexity index is 1160. The van der Waals surface area contributed by atoms with Gasteiger partial charge in [-0.1, -0.05) is 90.9 Å². The third kappa shape index (κ3) is 18.3. The summed E-state index contributed by atoms with van der Waals surface area (Å²) in [6.45, 7) is 10.5. The summed E-state index contributed by atoms with van der Waals surface area (Å²) in [5, 5.41) is 9.60. The highest BCUT2D eigenvalue weighted by atomic mass is 16.6. The van der Waals surface area contributed by atoms with Gasteiger partial charge in [0.05, 0.1) is 6.61 Å². The van der Waals surface area contributed by atoms with Crippen LogP contribution in [0.4, 0.5) is 0 Å². The van der Waals surface area contributed by atoms with Crippen LogP contribution in [-0.4, -0.2) is 36.4 Å². The summed E-state index contributed by atoms with van der Waals surface area (Å²) in [4.78, 5) is 24.4. The molecule has 1 atom stereocenters. The van der Waals surface area contributed by atoms with Gasteiger partial charge in [0.1, 0.15) is 29.6 Å². The molecule has 280 valence electrons. The molecule has 0 saturated heterocycles. The first-order valence-electron chi connectivity index (χ1n) is 19.9. The number of hydrogen-bond acceptors (Lipinski definition) is 7. The van der Waals surface area contributed by atoms with Gasteiger partial charge in [0.25, 0.3) is 0 Å². The van der Waals surface area contributed by atoms with Crippen LogP contribution in [0, 0.1) is 20.8 Å². The van der Waals surface area contributed by atoms with Gasteiger partial charge in [0.2, 0.25) is 0 Å². The van der Waals surface area contributed by atoms with E-state index in [1.165, 1.54) is 73.8 Å². The van der Waals surface area contributed by atoms with E-state index in [0.29, 0.717) is 12.8 Å². The first-order valence-corrected chi connectivity index (χ1v) is 19.9. The Morgan fingerprint density at radius 1 is 0.612 bits per heavy atom. The molecule has 7 nitrogen and oxygen atoms in total. The molecular weight excluding hydrogens is 616 g/mol. The summed E-state index contributed by atoms with van der Waals surface area (Å²) >= 11 is 0. The average Bonchev–Trinajstić information content (AvgIpc) is 3.57. The molecule has 7 heteroatoms. The third-order valence-electron chi connectivity index (χ3n) is 9.72. The van der Waals surface area contributed by atoms with Crippen LogP contribution in [-0.2, 0) is 44.7 Å². The summed E-state index contributed by atoms with van der Waals surface area (Å²) in [6.07, 6.45) is 23.9. The van der Waals surface area contributed by atoms with E-state index in [1.54, 1.807) is 0 Å². The molecule has 0 radical (unpaired) electrons. The second-order valence-corrected chi connectivity index (χ2v) is 14.2. The molecule has 0 unspecified atom stereocenters. The van der Waals surface area contributed by atoms with Crippen LogP contribution in [0.25, 0.3) is 0 Å². The molecule has 2 aromatic rings. The average molecular weight is 687 g/mol. The van der Waals surface area contributed by atoms with Crippen LogP contribution in [0.5, 0.6) is 0 Å². The largest absolute Gasteiger partial charge is 0.466 e. The molecule has 0 aliphatic carbocycles. The van der Waals surface area contributed by atoms with Crippen molar-refractivity contribution < 1.29 is 33.0 Å². The number of hydrogen-bond donors (Lipinski definition) is 1. The standard InChI is InChI=1S/C42H70O7/c1-6-8-19-25-36-30-33(3)38(47-36)26-20-15-13-14-18-23-29-42(45)48-37(31-43)32-46-41(44)28-22-17-12-10-9-11-16-21-27-40-35(5)34(4)39(49-40)24-7-2/h30,37,43H,6-29,31-32H2,1-5H3/t37-/m0/s1. The maximum atomic E-state index is 12.2.